The molecule has 1 aliphatic rings. The zero-order valence-electron chi connectivity index (χ0n) is 15.5. The Morgan fingerprint density at radius 1 is 1.32 bits per heavy atom. The summed E-state index contributed by atoms with van der Waals surface area (Å²) in [6.07, 6.45) is 0. The average molecular weight is 428 g/mol. The van der Waals surface area contributed by atoms with Crippen molar-refractivity contribution in [3.63, 3.8) is 0 Å². The Labute approximate surface area is 167 Å². The maximum absolute atomic E-state index is 14.5. The van der Waals surface area contributed by atoms with E-state index in [1.54, 1.807) is 24.3 Å². The lowest BCUT2D eigenvalue weighted by molar-refractivity contribution is 0.230. The molecular formula is C18H19ClFN3O4S. The number of nitrogens with zero attached hydrogens (tertiary/aromatic N) is 2. The summed E-state index contributed by atoms with van der Waals surface area (Å²) in [7, 11) is 0.736. The fraction of sp³-hybridized carbons (Fsp3) is 0.278. The summed E-state index contributed by atoms with van der Waals surface area (Å²) < 4.78 is 46.3. The third-order valence-corrected chi connectivity index (χ3v) is 6.27. The molecule has 2 aromatic carbocycles. The van der Waals surface area contributed by atoms with E-state index in [2.05, 4.69) is 5.32 Å². The Kier molecular flexibility index (Phi) is 5.40. The molecule has 150 valence electrons. The maximum Gasteiger partial charge on any atom is 0.321 e. The summed E-state index contributed by atoms with van der Waals surface area (Å²) in [6.45, 7) is 0.0196. The number of fused-ring (bicyclic) bond motifs is 1. The normalized spacial score (nSPS) is 14.5. The number of amides is 2. The summed E-state index contributed by atoms with van der Waals surface area (Å²) in [6, 6.07) is 7.33. The molecule has 1 aliphatic heterocycles. The third-order valence-electron chi connectivity index (χ3n) is 4.34. The van der Waals surface area contributed by atoms with Gasteiger partial charge in [0.05, 0.1) is 35.8 Å². The third kappa shape index (κ3) is 3.72. The highest BCUT2D eigenvalue weighted by molar-refractivity contribution is 7.92. The largest absolute Gasteiger partial charge is 0.497 e. The second kappa shape index (κ2) is 7.48. The summed E-state index contributed by atoms with van der Waals surface area (Å²) in [4.78, 5) is 13.2. The van der Waals surface area contributed by atoms with Gasteiger partial charge in [0.15, 0.2) is 0 Å². The number of hydrogen-bond donors (Lipinski definition) is 1. The summed E-state index contributed by atoms with van der Waals surface area (Å²) in [5.74, 6) is -0.610. The average Bonchev–Trinajstić information content (AvgIpc) is 2.90. The predicted octanol–water partition coefficient (Wildman–Crippen LogP) is 3.43. The molecule has 0 aliphatic carbocycles. The smallest absolute Gasteiger partial charge is 0.321 e. The number of halogens is 2. The molecule has 1 N–H and O–H groups in total. The molecule has 3 rings (SSSR count). The van der Waals surface area contributed by atoms with Crippen LogP contribution >= 0.6 is 11.6 Å². The van der Waals surface area contributed by atoms with E-state index in [1.165, 1.54) is 26.1 Å². The Balaban J connectivity index is 2.05. The van der Waals surface area contributed by atoms with Gasteiger partial charge in [-0.3, -0.25) is 4.31 Å². The number of anilines is 2. The molecule has 28 heavy (non-hydrogen) atoms. The molecule has 0 bridgehead atoms. The highest BCUT2D eigenvalue weighted by atomic mass is 35.5. The van der Waals surface area contributed by atoms with Crippen molar-refractivity contribution in [2.75, 3.05) is 30.8 Å². The second-order valence-corrected chi connectivity index (χ2v) is 8.78. The molecule has 0 atom stereocenters. The minimum absolute atomic E-state index is 0.0196. The Hall–Kier alpha value is -2.52. The van der Waals surface area contributed by atoms with E-state index in [-0.39, 0.29) is 28.5 Å². The Morgan fingerprint density at radius 3 is 2.54 bits per heavy atom. The van der Waals surface area contributed by atoms with Gasteiger partial charge in [0.2, 0.25) is 10.0 Å². The zero-order chi connectivity index (χ0) is 20.6. The molecule has 2 amide bonds. The molecule has 0 saturated heterocycles. The second-order valence-electron chi connectivity index (χ2n) is 6.48. The van der Waals surface area contributed by atoms with Crippen LogP contribution in [0, 0.1) is 5.82 Å². The molecule has 7 nitrogen and oxygen atoms in total. The van der Waals surface area contributed by atoms with E-state index < -0.39 is 27.6 Å². The molecule has 10 heteroatoms. The lowest BCUT2D eigenvalue weighted by Crippen LogP contribution is -2.28. The number of rotatable bonds is 4. The van der Waals surface area contributed by atoms with E-state index in [1.807, 2.05) is 0 Å². The van der Waals surface area contributed by atoms with E-state index in [9.17, 15) is 17.6 Å². The van der Waals surface area contributed by atoms with Gasteiger partial charge in [-0.05, 0) is 23.8 Å². The van der Waals surface area contributed by atoms with E-state index >= 15 is 0 Å². The van der Waals surface area contributed by atoms with Crippen LogP contribution < -0.4 is 14.4 Å². The fourth-order valence-corrected chi connectivity index (χ4v) is 4.89. The minimum Gasteiger partial charge on any atom is -0.497 e. The van der Waals surface area contributed by atoms with Crippen molar-refractivity contribution in [3.8, 4) is 5.75 Å². The fourth-order valence-electron chi connectivity index (χ4n) is 2.90. The lowest BCUT2D eigenvalue weighted by atomic mass is 10.1. The molecule has 0 fully saturated rings. The number of sulfonamides is 1. The first-order valence-corrected chi connectivity index (χ1v) is 10.2. The zero-order valence-corrected chi connectivity index (χ0v) is 17.1. The first kappa shape index (κ1) is 20.2. The molecule has 0 radical (unpaired) electrons. The van der Waals surface area contributed by atoms with Crippen LogP contribution in [0.25, 0.3) is 0 Å². The molecule has 0 saturated carbocycles. The topological polar surface area (TPSA) is 79.0 Å². The van der Waals surface area contributed by atoms with Gasteiger partial charge in [0.25, 0.3) is 0 Å². The van der Waals surface area contributed by atoms with Gasteiger partial charge in [-0.15, -0.1) is 0 Å². The number of hydrogen-bond acceptors (Lipinski definition) is 4. The standard InChI is InChI=1S/C18H19ClFN3O4S/c1-22(2)18(24)21-16-13-10-28(25,26)23(17(13)14(19)8-15(16)20)9-11-4-6-12(27-3)7-5-11/h4-8H,9-10H2,1-3H3,(H,21,24). The van der Waals surface area contributed by atoms with Crippen molar-refractivity contribution in [2.24, 2.45) is 0 Å². The number of nitrogens with one attached hydrogen (secondary N) is 1. The Morgan fingerprint density at radius 2 is 1.96 bits per heavy atom. The highest BCUT2D eigenvalue weighted by Gasteiger charge is 2.38. The van der Waals surface area contributed by atoms with Gasteiger partial charge in [0, 0.05) is 19.7 Å². The molecule has 0 spiro atoms. The lowest BCUT2D eigenvalue weighted by Gasteiger charge is -2.21. The van der Waals surface area contributed by atoms with Crippen molar-refractivity contribution >= 4 is 39.0 Å². The van der Waals surface area contributed by atoms with E-state index in [0.29, 0.717) is 11.3 Å². The Bertz CT molecular complexity index is 1030. The number of ether oxygens (including phenoxy) is 1. The maximum atomic E-state index is 14.5. The number of benzene rings is 2. The van der Waals surface area contributed by atoms with Crippen LogP contribution in [0.4, 0.5) is 20.6 Å². The number of carbonyl (C=O) groups excluding carboxylic acids is 1. The van der Waals surface area contributed by atoms with Gasteiger partial charge in [-0.2, -0.15) is 0 Å². The molecule has 2 aromatic rings. The van der Waals surface area contributed by atoms with E-state index in [4.69, 9.17) is 16.3 Å². The van der Waals surface area contributed by atoms with Crippen LogP contribution in [0.2, 0.25) is 5.02 Å². The quantitative estimate of drug-likeness (QED) is 0.810. The van der Waals surface area contributed by atoms with Crippen LogP contribution in [0.1, 0.15) is 11.1 Å². The van der Waals surface area contributed by atoms with Gasteiger partial charge >= 0.3 is 6.03 Å². The van der Waals surface area contributed by atoms with Gasteiger partial charge in [-0.1, -0.05) is 23.7 Å². The highest BCUT2D eigenvalue weighted by Crippen LogP contribution is 2.45. The SMILES string of the molecule is COc1ccc(CN2c3c(Cl)cc(F)c(NC(=O)N(C)C)c3CS2(=O)=O)cc1. The van der Waals surface area contributed by atoms with Crippen LogP contribution in [0.5, 0.6) is 5.75 Å². The molecule has 0 unspecified atom stereocenters. The van der Waals surface area contributed by atoms with Crippen LogP contribution in [-0.4, -0.2) is 40.6 Å². The van der Waals surface area contributed by atoms with Crippen LogP contribution in [0.3, 0.4) is 0 Å². The predicted molar refractivity (Wildman–Crippen MR) is 106 cm³/mol. The summed E-state index contributed by atoms with van der Waals surface area (Å²) in [5, 5.41) is 2.38. The van der Waals surface area contributed by atoms with Gasteiger partial charge in [-0.25, -0.2) is 17.6 Å². The van der Waals surface area contributed by atoms with Crippen LogP contribution in [0.15, 0.2) is 30.3 Å². The van der Waals surface area contributed by atoms with Crippen molar-refractivity contribution < 1.29 is 22.3 Å². The summed E-state index contributed by atoms with van der Waals surface area (Å²) >= 11 is 6.19. The molecular weight excluding hydrogens is 409 g/mol. The monoisotopic (exact) mass is 427 g/mol. The van der Waals surface area contributed by atoms with Crippen molar-refractivity contribution in [2.45, 2.75) is 12.3 Å². The number of carbonyl (C=O) groups is 1. The molecule has 0 aromatic heterocycles. The summed E-state index contributed by atoms with van der Waals surface area (Å²) in [5.41, 5.74) is 0.831. The molecule has 1 heterocycles. The first-order chi connectivity index (χ1) is 13.1. The van der Waals surface area contributed by atoms with Crippen LogP contribution in [-0.2, 0) is 22.3 Å². The number of urea groups is 1. The van der Waals surface area contributed by atoms with Gasteiger partial charge < -0.3 is 15.0 Å². The minimum atomic E-state index is -3.79. The van der Waals surface area contributed by atoms with Crippen molar-refractivity contribution in [3.05, 3.63) is 52.3 Å². The van der Waals surface area contributed by atoms with Crippen molar-refractivity contribution in [1.29, 1.82) is 0 Å². The van der Waals surface area contributed by atoms with E-state index in [0.717, 1.165) is 10.4 Å². The van der Waals surface area contributed by atoms with Gasteiger partial charge in [0.1, 0.15) is 11.6 Å². The number of methoxy groups -OCH3 is 1. The van der Waals surface area contributed by atoms with Crippen molar-refractivity contribution in [1.82, 2.24) is 4.90 Å². The first-order valence-electron chi connectivity index (χ1n) is 8.26.